The van der Waals surface area contributed by atoms with Gasteiger partial charge in [0.1, 0.15) is 71.9 Å². The molecule has 4 aromatic rings. The number of carbonyl (C=O) groups excluding carboxylic acids is 12. The number of nitrogens with two attached hydrogens (primary N) is 3. The number of carboxylic acids is 2. The topological polar surface area (TPSA) is 530 Å². The van der Waals surface area contributed by atoms with E-state index in [9.17, 15) is 87.5 Å². The molecule has 34 heteroatoms. The number of carboxylic acid groups (broad SMARTS) is 2. The lowest BCUT2D eigenvalue weighted by Gasteiger charge is -2.27. The Kier molecular flexibility index (Phi) is 34.3. The highest BCUT2D eigenvalue weighted by Crippen LogP contribution is 2.16. The minimum Gasteiger partial charge on any atom is -0.508 e. The summed E-state index contributed by atoms with van der Waals surface area (Å²) in [5.74, 6) is -16.4. The van der Waals surface area contributed by atoms with Crippen LogP contribution in [0.1, 0.15) is 75.1 Å². The SMILES string of the molecule is CC(C)[C@H](NC(=O)[C@H](CC(=O)O)NC(=O)[C@H](CCCCN)NC(=O)[C@H](Cc1ccc(O)cc1)NC(=O)[C@H](CS)NC(=O)[C@H](C)NC(=O)[C@H](Cc1ccc(O)cc1)NC(=O)[C@H](Cc1ccccc1)NC(=O)CNC(=O)[C@H](CC(=O)O)NC(=O)[C@H](CS)NC(=O)[C@@H](N)Cc1ccccc1)C(N)=O. The number of carbonyl (C=O) groups is 14. The van der Waals surface area contributed by atoms with Gasteiger partial charge in [-0.3, -0.25) is 67.1 Å². The number of unbranched alkanes of at least 4 members (excludes halogenated alkanes) is 1. The summed E-state index contributed by atoms with van der Waals surface area (Å²) >= 11 is 8.41. The van der Waals surface area contributed by atoms with Crippen LogP contribution in [0, 0.1) is 5.92 Å². The number of phenols is 2. The van der Waals surface area contributed by atoms with E-state index in [1.165, 1.54) is 55.5 Å². The van der Waals surface area contributed by atoms with Crippen LogP contribution >= 0.6 is 25.3 Å². The van der Waals surface area contributed by atoms with Crippen LogP contribution in [0.3, 0.4) is 0 Å². The zero-order chi connectivity index (χ0) is 74.2. The number of nitrogens with one attached hydrogen (secondary N) is 11. The van der Waals surface area contributed by atoms with Crippen molar-refractivity contribution >= 4 is 108 Å². The molecule has 4 aromatic carbocycles. The van der Waals surface area contributed by atoms with E-state index in [1.807, 2.05) is 0 Å². The van der Waals surface area contributed by atoms with Crippen LogP contribution in [-0.4, -0.2) is 194 Å². The number of rotatable bonds is 42. The average molecular weight is 1430 g/mol. The van der Waals surface area contributed by atoms with Crippen LogP contribution in [0.2, 0.25) is 0 Å². The molecule has 0 saturated heterocycles. The predicted octanol–water partition coefficient (Wildman–Crippen LogP) is -3.24. The summed E-state index contributed by atoms with van der Waals surface area (Å²) in [6.07, 6.45) is -2.16. The van der Waals surface area contributed by atoms with E-state index in [4.69, 9.17) is 17.2 Å². The van der Waals surface area contributed by atoms with Gasteiger partial charge in [0.15, 0.2) is 0 Å². The first kappa shape index (κ1) is 82.1. The molecule has 0 aliphatic carbocycles. The van der Waals surface area contributed by atoms with Gasteiger partial charge in [-0.1, -0.05) is 98.8 Å². The lowest BCUT2D eigenvalue weighted by Crippen LogP contribution is -2.61. The minimum atomic E-state index is -1.80. The lowest BCUT2D eigenvalue weighted by molar-refractivity contribution is -0.142. The summed E-state index contributed by atoms with van der Waals surface area (Å²) < 4.78 is 0. The Bertz CT molecular complexity index is 3470. The van der Waals surface area contributed by atoms with Gasteiger partial charge in [-0.25, -0.2) is 0 Å². The van der Waals surface area contributed by atoms with Crippen molar-refractivity contribution in [1.29, 1.82) is 0 Å². The van der Waals surface area contributed by atoms with Crippen molar-refractivity contribution in [2.24, 2.45) is 23.1 Å². The fourth-order valence-electron chi connectivity index (χ4n) is 9.76. The third-order valence-electron chi connectivity index (χ3n) is 15.3. The molecule has 0 heterocycles. The highest BCUT2D eigenvalue weighted by molar-refractivity contribution is 7.80. The van der Waals surface area contributed by atoms with E-state index in [0.717, 1.165) is 5.56 Å². The lowest BCUT2D eigenvalue weighted by atomic mass is 10.0. The number of phenolic OH excluding ortho intramolecular Hbond substituents is 2. The second-order valence-electron chi connectivity index (χ2n) is 23.7. The third kappa shape index (κ3) is 28.6. The Balaban J connectivity index is 1.53. The predicted molar refractivity (Wildman–Crippen MR) is 369 cm³/mol. The van der Waals surface area contributed by atoms with Gasteiger partial charge < -0.3 is 96.1 Å². The number of benzene rings is 4. The molecule has 11 atom stereocenters. The highest BCUT2D eigenvalue weighted by Gasteiger charge is 2.36. The van der Waals surface area contributed by atoms with Gasteiger partial charge in [0, 0.05) is 30.8 Å². The Labute approximate surface area is 587 Å². The molecule has 542 valence electrons. The molecule has 21 N–H and O–H groups in total. The maximum absolute atomic E-state index is 14.5. The third-order valence-corrected chi connectivity index (χ3v) is 16.0. The van der Waals surface area contributed by atoms with Crippen LogP contribution in [0.4, 0.5) is 0 Å². The Hall–Kier alpha value is -10.3. The van der Waals surface area contributed by atoms with Crippen LogP contribution in [0.15, 0.2) is 109 Å². The molecule has 4 rings (SSSR count). The molecule has 32 nitrogen and oxygen atoms in total. The summed E-state index contributed by atoms with van der Waals surface area (Å²) in [7, 11) is 0. The van der Waals surface area contributed by atoms with Crippen molar-refractivity contribution < 1.29 is 87.5 Å². The van der Waals surface area contributed by atoms with Gasteiger partial charge in [0.2, 0.25) is 70.9 Å². The number of primary amides is 1. The first-order chi connectivity index (χ1) is 47.4. The number of thiol groups is 2. The van der Waals surface area contributed by atoms with Crippen LogP contribution in [-0.2, 0) is 92.8 Å². The van der Waals surface area contributed by atoms with Crippen molar-refractivity contribution in [2.75, 3.05) is 24.6 Å². The van der Waals surface area contributed by atoms with Gasteiger partial charge in [-0.15, -0.1) is 0 Å². The van der Waals surface area contributed by atoms with Crippen molar-refractivity contribution in [3.05, 3.63) is 131 Å². The van der Waals surface area contributed by atoms with Crippen molar-refractivity contribution in [3.8, 4) is 11.5 Å². The molecular weight excluding hydrogens is 1340 g/mol. The maximum atomic E-state index is 14.5. The van der Waals surface area contributed by atoms with Gasteiger partial charge in [-0.2, -0.15) is 25.3 Å². The molecule has 100 heavy (non-hydrogen) atoms. The standard InChI is InChI=1S/C66H88N14O18S2/c1-35(2)55(56(69)88)80-64(96)49(31-54(86)87)77-60(92)44(16-10-11-25-67)73-63(95)47(29-40-19-23-42(82)24-20-40)75-65(97)50(33-99)78-57(89)36(3)71-61(93)46(28-39-17-21-41(81)22-18-39)74-62(94)45(27-38-14-8-5-9-15-38)72-52(83)32-70-59(91)48(30-53(84)85)76-66(98)51(34-100)79-58(90)43(68)26-37-12-6-4-7-13-37/h4-9,12-15,17-24,35-36,43-51,55,81-82,99-100H,10-11,16,25-34,67-68H2,1-3H3,(H2,69,88)(H,70,91)(H,71,93)(H,72,83)(H,73,95)(H,74,94)(H,75,97)(H,76,98)(H,77,92)(H,78,89)(H,79,90)(H,80,96)(H,84,85)(H,86,87)/t36-,43-,44-,45-,46-,47-,48-,49-,50-,51-,55-/m0/s1. The Morgan fingerprint density at radius 1 is 0.410 bits per heavy atom. The molecule has 0 spiro atoms. The Morgan fingerprint density at radius 3 is 1.20 bits per heavy atom. The van der Waals surface area contributed by atoms with E-state index >= 15 is 0 Å². The van der Waals surface area contributed by atoms with Crippen LogP contribution in [0.5, 0.6) is 11.5 Å². The Morgan fingerprint density at radius 2 is 0.770 bits per heavy atom. The first-order valence-corrected chi connectivity index (χ1v) is 33.0. The van der Waals surface area contributed by atoms with Crippen LogP contribution in [0.25, 0.3) is 0 Å². The summed E-state index contributed by atoms with van der Waals surface area (Å²) in [5.41, 5.74) is 19.2. The fraction of sp³-hybridized carbons (Fsp3) is 0.424. The highest BCUT2D eigenvalue weighted by atomic mass is 32.1. The fourth-order valence-corrected chi connectivity index (χ4v) is 10.3. The van der Waals surface area contributed by atoms with E-state index in [0.29, 0.717) is 23.1 Å². The van der Waals surface area contributed by atoms with Gasteiger partial charge in [0.05, 0.1) is 25.4 Å². The monoisotopic (exact) mass is 1430 g/mol. The number of aliphatic carboxylic acids is 2. The first-order valence-electron chi connectivity index (χ1n) is 31.8. The molecule has 12 amide bonds. The minimum absolute atomic E-state index is 0.112. The quantitative estimate of drug-likeness (QED) is 0.0153. The number of hydrogen-bond donors (Lipinski definition) is 20. The normalized spacial score (nSPS) is 14.3. The summed E-state index contributed by atoms with van der Waals surface area (Å²) in [6.45, 7) is 3.66. The summed E-state index contributed by atoms with van der Waals surface area (Å²) in [6, 6.07) is 11.5. The molecule has 0 aromatic heterocycles. The van der Waals surface area contributed by atoms with E-state index in [2.05, 4.69) is 83.7 Å². The zero-order valence-electron chi connectivity index (χ0n) is 55.1. The van der Waals surface area contributed by atoms with Gasteiger partial charge in [-0.05, 0) is 91.6 Å². The molecule has 0 unspecified atom stereocenters. The van der Waals surface area contributed by atoms with E-state index < -0.39 is 180 Å². The maximum Gasteiger partial charge on any atom is 0.305 e. The number of hydrogen-bond acceptors (Lipinski definition) is 20. The van der Waals surface area contributed by atoms with E-state index in [-0.39, 0.29) is 62.3 Å². The van der Waals surface area contributed by atoms with Crippen molar-refractivity contribution in [1.82, 2.24) is 58.5 Å². The van der Waals surface area contributed by atoms with Crippen molar-refractivity contribution in [3.63, 3.8) is 0 Å². The average Bonchev–Trinajstić information content (AvgIpc) is 0.863. The molecule has 0 saturated carbocycles. The smallest absolute Gasteiger partial charge is 0.305 e. The molecule has 0 bridgehead atoms. The molecule has 0 aliphatic rings. The molecule has 0 radical (unpaired) electrons. The molecule has 0 fully saturated rings. The second-order valence-corrected chi connectivity index (χ2v) is 24.4. The van der Waals surface area contributed by atoms with Gasteiger partial charge in [0.25, 0.3) is 0 Å². The van der Waals surface area contributed by atoms with E-state index in [1.54, 1.807) is 74.5 Å². The molecular formula is C66H88N14O18S2. The van der Waals surface area contributed by atoms with Crippen LogP contribution < -0.4 is 75.7 Å². The summed E-state index contributed by atoms with van der Waals surface area (Å²) in [4.78, 5) is 188. The summed E-state index contributed by atoms with van der Waals surface area (Å²) in [5, 5.41) is 66.2. The van der Waals surface area contributed by atoms with Crippen molar-refractivity contribution in [2.45, 2.75) is 145 Å². The zero-order valence-corrected chi connectivity index (χ0v) is 56.9. The number of aromatic hydroxyl groups is 2. The largest absolute Gasteiger partial charge is 0.508 e. The molecule has 0 aliphatic heterocycles. The second kappa shape index (κ2) is 41.8. The van der Waals surface area contributed by atoms with Gasteiger partial charge >= 0.3 is 11.9 Å². The number of amides is 12.